The van der Waals surface area contributed by atoms with Crippen molar-refractivity contribution in [1.82, 2.24) is 0 Å². The molecule has 22 heavy (non-hydrogen) atoms. The summed E-state index contributed by atoms with van der Waals surface area (Å²) in [5.74, 6) is -0.592. The van der Waals surface area contributed by atoms with E-state index in [1.165, 1.54) is 0 Å². The lowest BCUT2D eigenvalue weighted by molar-refractivity contribution is -0.141. The van der Waals surface area contributed by atoms with Crippen molar-refractivity contribution in [2.45, 2.75) is 12.8 Å². The number of carbonyl (C=O) groups is 1. The molecule has 0 saturated carbocycles. The van der Waals surface area contributed by atoms with Crippen molar-refractivity contribution in [1.29, 1.82) is 5.26 Å². The molecule has 1 heterocycles. The van der Waals surface area contributed by atoms with E-state index in [4.69, 9.17) is 19.8 Å². The molecule has 0 spiro atoms. The highest BCUT2D eigenvalue weighted by atomic mass is 16.5. The van der Waals surface area contributed by atoms with E-state index in [1.807, 2.05) is 24.3 Å². The van der Waals surface area contributed by atoms with Crippen LogP contribution in [-0.4, -0.2) is 38.4 Å². The monoisotopic (exact) mass is 304 g/mol. The standard InChI is InChI=1S/C16H20N2O4/c1-21-13-7-12(8-14(9-13)22-2)18-5-3-11(4-6-18)15(10-17)16(19)20/h7-9,11,15H,3-6H2,1-2H3,(H,19,20). The minimum absolute atomic E-state index is 0.0914. The van der Waals surface area contributed by atoms with Gasteiger partial charge in [0, 0.05) is 37.0 Å². The quantitative estimate of drug-likeness (QED) is 0.897. The van der Waals surface area contributed by atoms with Crippen LogP contribution in [0.4, 0.5) is 5.69 Å². The van der Waals surface area contributed by atoms with E-state index >= 15 is 0 Å². The van der Waals surface area contributed by atoms with Crippen molar-refractivity contribution in [3.05, 3.63) is 18.2 Å². The number of nitriles is 1. The minimum atomic E-state index is -1.02. The average Bonchev–Trinajstić information content (AvgIpc) is 2.55. The van der Waals surface area contributed by atoms with Crippen LogP contribution < -0.4 is 14.4 Å². The molecule has 6 nitrogen and oxygen atoms in total. The fraction of sp³-hybridized carbons (Fsp3) is 0.500. The van der Waals surface area contributed by atoms with E-state index < -0.39 is 11.9 Å². The van der Waals surface area contributed by atoms with Crippen LogP contribution in [0.3, 0.4) is 0 Å². The summed E-state index contributed by atoms with van der Waals surface area (Å²) in [6.45, 7) is 1.43. The lowest BCUT2D eigenvalue weighted by Gasteiger charge is -2.34. The minimum Gasteiger partial charge on any atom is -0.497 e. The summed E-state index contributed by atoms with van der Waals surface area (Å²) in [6.07, 6.45) is 1.37. The number of aliphatic carboxylic acids is 1. The van der Waals surface area contributed by atoms with Gasteiger partial charge < -0.3 is 19.5 Å². The molecule has 1 aromatic carbocycles. The molecular weight excluding hydrogens is 284 g/mol. The number of carboxylic acids is 1. The van der Waals surface area contributed by atoms with Crippen molar-refractivity contribution in [3.63, 3.8) is 0 Å². The molecule has 118 valence electrons. The second-order valence-electron chi connectivity index (χ2n) is 5.34. The maximum Gasteiger partial charge on any atom is 0.321 e. The fourth-order valence-corrected chi connectivity index (χ4v) is 2.83. The zero-order chi connectivity index (χ0) is 16.1. The molecule has 0 radical (unpaired) electrons. The maximum absolute atomic E-state index is 11.1. The molecule has 1 unspecified atom stereocenters. The van der Waals surface area contributed by atoms with E-state index in [1.54, 1.807) is 14.2 Å². The first-order chi connectivity index (χ1) is 10.6. The van der Waals surface area contributed by atoms with Gasteiger partial charge in [-0.1, -0.05) is 0 Å². The zero-order valence-corrected chi connectivity index (χ0v) is 12.8. The van der Waals surface area contributed by atoms with Gasteiger partial charge in [-0.2, -0.15) is 5.26 Å². The number of methoxy groups -OCH3 is 2. The Morgan fingerprint density at radius 2 is 1.82 bits per heavy atom. The average molecular weight is 304 g/mol. The number of carboxylic acid groups (broad SMARTS) is 1. The van der Waals surface area contributed by atoms with Crippen LogP contribution >= 0.6 is 0 Å². The first-order valence-corrected chi connectivity index (χ1v) is 7.19. The summed E-state index contributed by atoms with van der Waals surface area (Å²) in [6, 6.07) is 7.58. The van der Waals surface area contributed by atoms with Crippen molar-refractivity contribution in [3.8, 4) is 17.6 Å². The van der Waals surface area contributed by atoms with E-state index in [0.29, 0.717) is 25.9 Å². The lowest BCUT2D eigenvalue weighted by atomic mass is 9.85. The van der Waals surface area contributed by atoms with Gasteiger partial charge in [-0.3, -0.25) is 4.79 Å². The van der Waals surface area contributed by atoms with Crippen molar-refractivity contribution >= 4 is 11.7 Å². The van der Waals surface area contributed by atoms with Gasteiger partial charge >= 0.3 is 5.97 Å². The Morgan fingerprint density at radius 1 is 1.27 bits per heavy atom. The van der Waals surface area contributed by atoms with Crippen molar-refractivity contribution < 1.29 is 19.4 Å². The summed E-state index contributed by atoms with van der Waals surface area (Å²) in [7, 11) is 3.21. The summed E-state index contributed by atoms with van der Waals surface area (Å²) < 4.78 is 10.5. The third-order valence-electron chi connectivity index (χ3n) is 4.12. The van der Waals surface area contributed by atoms with Crippen molar-refractivity contribution in [2.24, 2.45) is 11.8 Å². The number of piperidine rings is 1. The third kappa shape index (κ3) is 3.42. The Hall–Kier alpha value is -2.42. The molecule has 0 bridgehead atoms. The van der Waals surface area contributed by atoms with Crippen LogP contribution in [0, 0.1) is 23.2 Å². The molecule has 0 aromatic heterocycles. The van der Waals surface area contributed by atoms with Crippen LogP contribution in [0.15, 0.2) is 18.2 Å². The van der Waals surface area contributed by atoms with Crippen molar-refractivity contribution in [2.75, 3.05) is 32.2 Å². The Kier molecular flexibility index (Phi) is 5.10. The second kappa shape index (κ2) is 7.03. The number of benzene rings is 1. The molecule has 1 aliphatic heterocycles. The Labute approximate surface area is 129 Å². The molecule has 2 rings (SSSR count). The third-order valence-corrected chi connectivity index (χ3v) is 4.12. The highest BCUT2D eigenvalue weighted by Crippen LogP contribution is 2.32. The molecule has 1 saturated heterocycles. The molecule has 1 aromatic rings. The first-order valence-electron chi connectivity index (χ1n) is 7.19. The number of hydrogen-bond donors (Lipinski definition) is 1. The highest BCUT2D eigenvalue weighted by molar-refractivity contribution is 5.73. The molecule has 1 N–H and O–H groups in total. The van der Waals surface area contributed by atoms with Gasteiger partial charge in [0.05, 0.1) is 20.3 Å². The van der Waals surface area contributed by atoms with Gasteiger partial charge in [0.25, 0.3) is 0 Å². The van der Waals surface area contributed by atoms with Crippen LogP contribution in [0.25, 0.3) is 0 Å². The van der Waals surface area contributed by atoms with Gasteiger partial charge in [0.1, 0.15) is 17.4 Å². The first kappa shape index (κ1) is 16.0. The van der Waals surface area contributed by atoms with E-state index in [9.17, 15) is 4.79 Å². The van der Waals surface area contributed by atoms with Gasteiger partial charge in [-0.15, -0.1) is 0 Å². The van der Waals surface area contributed by atoms with E-state index in [-0.39, 0.29) is 5.92 Å². The van der Waals surface area contributed by atoms with Gasteiger partial charge in [-0.25, -0.2) is 0 Å². The van der Waals surface area contributed by atoms with Crippen LogP contribution in [0.1, 0.15) is 12.8 Å². The normalized spacial score (nSPS) is 16.7. The lowest BCUT2D eigenvalue weighted by Crippen LogP contribution is -2.37. The predicted molar refractivity (Wildman–Crippen MR) is 81.2 cm³/mol. The SMILES string of the molecule is COc1cc(OC)cc(N2CCC(C(C#N)C(=O)O)CC2)c1. The van der Waals surface area contributed by atoms with Crippen LogP contribution in [0.2, 0.25) is 0 Å². The van der Waals surface area contributed by atoms with Gasteiger partial charge in [0.2, 0.25) is 0 Å². The second-order valence-corrected chi connectivity index (χ2v) is 5.34. The molecule has 0 aliphatic carbocycles. The smallest absolute Gasteiger partial charge is 0.321 e. The number of ether oxygens (including phenoxy) is 2. The van der Waals surface area contributed by atoms with Gasteiger partial charge in [-0.05, 0) is 18.8 Å². The van der Waals surface area contributed by atoms with Crippen LogP contribution in [-0.2, 0) is 4.79 Å². The van der Waals surface area contributed by atoms with Gasteiger partial charge in [0.15, 0.2) is 0 Å². The molecular formula is C16H20N2O4. The maximum atomic E-state index is 11.1. The summed E-state index contributed by atoms with van der Waals surface area (Å²) >= 11 is 0. The highest BCUT2D eigenvalue weighted by Gasteiger charge is 2.31. The summed E-state index contributed by atoms with van der Waals surface area (Å²) in [4.78, 5) is 13.2. The largest absolute Gasteiger partial charge is 0.497 e. The zero-order valence-electron chi connectivity index (χ0n) is 12.8. The molecule has 0 amide bonds. The Balaban J connectivity index is 2.08. The number of anilines is 1. The molecule has 1 atom stereocenters. The van der Waals surface area contributed by atoms with E-state index in [0.717, 1.165) is 17.2 Å². The van der Waals surface area contributed by atoms with E-state index in [2.05, 4.69) is 4.90 Å². The molecule has 6 heteroatoms. The summed E-state index contributed by atoms with van der Waals surface area (Å²) in [5.41, 5.74) is 0.985. The number of nitrogens with zero attached hydrogens (tertiary/aromatic N) is 2. The summed E-state index contributed by atoms with van der Waals surface area (Å²) in [5, 5.41) is 18.1. The fourth-order valence-electron chi connectivity index (χ4n) is 2.83. The number of hydrogen-bond acceptors (Lipinski definition) is 5. The molecule has 1 aliphatic rings. The van der Waals surface area contributed by atoms with Crippen LogP contribution in [0.5, 0.6) is 11.5 Å². The molecule has 1 fully saturated rings. The Bertz CT molecular complexity index is 552. The number of rotatable bonds is 5. The topological polar surface area (TPSA) is 82.8 Å². The predicted octanol–water partition coefficient (Wildman–Crippen LogP) is 2.14. The Morgan fingerprint density at radius 3 is 2.23 bits per heavy atom.